The minimum absolute atomic E-state index is 0.361. The molecule has 0 atom stereocenters. The number of benzene rings is 2. The molecule has 5 nitrogen and oxygen atoms in total. The van der Waals surface area contributed by atoms with Crippen LogP contribution in [-0.4, -0.2) is 14.5 Å². The second-order valence-corrected chi connectivity index (χ2v) is 7.87. The van der Waals surface area contributed by atoms with Gasteiger partial charge >= 0.3 is 5.69 Å². The predicted molar refractivity (Wildman–Crippen MR) is 117 cm³/mol. The highest BCUT2D eigenvalue weighted by Gasteiger charge is 2.25. The van der Waals surface area contributed by atoms with Crippen LogP contribution in [0.3, 0.4) is 0 Å². The van der Waals surface area contributed by atoms with Crippen LogP contribution in [-0.2, 0) is 0 Å². The lowest BCUT2D eigenvalue weighted by atomic mass is 10.1. The van der Waals surface area contributed by atoms with Crippen LogP contribution in [0.15, 0.2) is 65.6 Å². The van der Waals surface area contributed by atoms with Gasteiger partial charge in [0.25, 0.3) is 0 Å². The Balaban J connectivity index is 1.75. The van der Waals surface area contributed by atoms with Crippen LogP contribution in [0, 0.1) is 0 Å². The molecule has 0 unspecified atom stereocenters. The Morgan fingerprint density at radius 1 is 1.03 bits per heavy atom. The van der Waals surface area contributed by atoms with Crippen LogP contribution < -0.4 is 11.0 Å². The summed E-state index contributed by atoms with van der Waals surface area (Å²) in [5, 5.41) is 4.88. The maximum atomic E-state index is 13.1. The van der Waals surface area contributed by atoms with Crippen LogP contribution in [0.25, 0.3) is 16.6 Å². The number of nitrogens with zero attached hydrogens (tertiary/aromatic N) is 3. The molecule has 0 aliphatic heterocycles. The van der Waals surface area contributed by atoms with Crippen molar-refractivity contribution in [3.63, 3.8) is 0 Å². The van der Waals surface area contributed by atoms with E-state index in [0.29, 0.717) is 33.3 Å². The molecule has 1 fully saturated rings. The van der Waals surface area contributed by atoms with E-state index in [9.17, 15) is 4.79 Å². The first-order valence-corrected chi connectivity index (χ1v) is 10.1. The molecule has 2 heterocycles. The third-order valence-corrected chi connectivity index (χ3v) is 5.57. The largest absolute Gasteiger partial charge is 0.354 e. The summed E-state index contributed by atoms with van der Waals surface area (Å²) in [7, 11) is 0. The number of para-hydroxylation sites is 1. The molecule has 2 aromatic heterocycles. The molecule has 0 spiro atoms. The third-order valence-electron chi connectivity index (χ3n) is 5.05. The van der Waals surface area contributed by atoms with Crippen LogP contribution in [0.5, 0.6) is 0 Å². The van der Waals surface area contributed by atoms with E-state index < -0.39 is 5.69 Å². The SMILES string of the molecule is O=c1nc(Nc2ccnc(Cl)c2)c2ccc(C3CC3)cc2n1-c1ccccc1Cl. The second kappa shape index (κ2) is 7.17. The average Bonchev–Trinajstić information content (AvgIpc) is 3.54. The van der Waals surface area contributed by atoms with Gasteiger partial charge in [-0.25, -0.2) is 9.78 Å². The van der Waals surface area contributed by atoms with Crippen molar-refractivity contribution in [2.45, 2.75) is 18.8 Å². The normalized spacial score (nSPS) is 13.6. The predicted octanol–water partition coefficient (Wildman–Crippen LogP) is 5.71. The maximum Gasteiger partial charge on any atom is 0.354 e. The number of fused-ring (bicyclic) bond motifs is 1. The molecule has 2 aromatic carbocycles. The lowest BCUT2D eigenvalue weighted by molar-refractivity contribution is 0.959. The lowest BCUT2D eigenvalue weighted by Gasteiger charge is -2.16. The summed E-state index contributed by atoms with van der Waals surface area (Å²) >= 11 is 12.4. The van der Waals surface area contributed by atoms with Gasteiger partial charge in [0.1, 0.15) is 11.0 Å². The van der Waals surface area contributed by atoms with Crippen LogP contribution in [0.1, 0.15) is 24.3 Å². The Morgan fingerprint density at radius 2 is 1.86 bits per heavy atom. The fraction of sp³-hybridized carbons (Fsp3) is 0.136. The Kier molecular flexibility index (Phi) is 4.49. The van der Waals surface area contributed by atoms with Gasteiger partial charge in [0.15, 0.2) is 0 Å². The van der Waals surface area contributed by atoms with Crippen molar-refractivity contribution in [1.29, 1.82) is 0 Å². The summed E-state index contributed by atoms with van der Waals surface area (Å²) in [6.45, 7) is 0. The molecule has 1 aliphatic carbocycles. The number of hydrogen-bond donors (Lipinski definition) is 1. The smallest absolute Gasteiger partial charge is 0.339 e. The number of hydrogen-bond acceptors (Lipinski definition) is 4. The first-order valence-electron chi connectivity index (χ1n) is 9.30. The summed E-state index contributed by atoms with van der Waals surface area (Å²) in [5.41, 5.74) is 2.91. The van der Waals surface area contributed by atoms with E-state index in [-0.39, 0.29) is 0 Å². The fourth-order valence-corrected chi connectivity index (χ4v) is 3.89. The van der Waals surface area contributed by atoms with Gasteiger partial charge in [-0.1, -0.05) is 41.4 Å². The summed E-state index contributed by atoms with van der Waals surface area (Å²) in [5.74, 6) is 1.02. The number of pyridine rings is 1. The first-order chi connectivity index (χ1) is 14.1. The number of nitrogens with one attached hydrogen (secondary N) is 1. The number of aromatic nitrogens is 3. The van der Waals surface area contributed by atoms with Crippen LogP contribution >= 0.6 is 23.2 Å². The van der Waals surface area contributed by atoms with E-state index in [4.69, 9.17) is 23.2 Å². The Labute approximate surface area is 177 Å². The minimum Gasteiger partial charge on any atom is -0.339 e. The molecule has 1 N–H and O–H groups in total. The Morgan fingerprint density at radius 3 is 2.62 bits per heavy atom. The number of rotatable bonds is 4. The summed E-state index contributed by atoms with van der Waals surface area (Å²) in [6.07, 6.45) is 3.95. The van der Waals surface area contributed by atoms with E-state index in [0.717, 1.165) is 10.9 Å². The molecular weight excluding hydrogens is 407 g/mol. The molecule has 7 heteroatoms. The molecule has 0 saturated heterocycles. The summed E-state index contributed by atoms with van der Waals surface area (Å²) in [4.78, 5) is 21.4. The highest BCUT2D eigenvalue weighted by molar-refractivity contribution is 6.32. The molecule has 1 saturated carbocycles. The lowest BCUT2D eigenvalue weighted by Crippen LogP contribution is -2.23. The summed E-state index contributed by atoms with van der Waals surface area (Å²) < 4.78 is 1.58. The average molecular weight is 423 g/mol. The van der Waals surface area contributed by atoms with Crippen molar-refractivity contribution >= 4 is 45.6 Å². The molecule has 0 amide bonds. The van der Waals surface area contributed by atoms with E-state index >= 15 is 0 Å². The molecule has 0 radical (unpaired) electrons. The second-order valence-electron chi connectivity index (χ2n) is 7.07. The quantitative estimate of drug-likeness (QED) is 0.428. The Hall–Kier alpha value is -2.89. The van der Waals surface area contributed by atoms with E-state index in [1.165, 1.54) is 18.4 Å². The van der Waals surface area contributed by atoms with Gasteiger partial charge in [0.2, 0.25) is 0 Å². The fourth-order valence-electron chi connectivity index (χ4n) is 3.49. The van der Waals surface area contributed by atoms with Gasteiger partial charge in [0.05, 0.1) is 16.2 Å². The topological polar surface area (TPSA) is 59.8 Å². The van der Waals surface area contributed by atoms with Crippen molar-refractivity contribution in [2.75, 3.05) is 5.32 Å². The van der Waals surface area contributed by atoms with Crippen molar-refractivity contribution in [1.82, 2.24) is 14.5 Å². The van der Waals surface area contributed by atoms with E-state index in [1.54, 1.807) is 29.0 Å². The van der Waals surface area contributed by atoms with Crippen molar-refractivity contribution in [2.24, 2.45) is 0 Å². The molecule has 5 rings (SSSR count). The highest BCUT2D eigenvalue weighted by Crippen LogP contribution is 2.41. The Bertz CT molecular complexity index is 1300. The van der Waals surface area contributed by atoms with Crippen LogP contribution in [0.4, 0.5) is 11.5 Å². The van der Waals surface area contributed by atoms with Gasteiger partial charge in [0, 0.05) is 17.3 Å². The molecule has 144 valence electrons. The zero-order valence-corrected chi connectivity index (χ0v) is 16.8. The highest BCUT2D eigenvalue weighted by atomic mass is 35.5. The van der Waals surface area contributed by atoms with Gasteiger partial charge in [-0.2, -0.15) is 4.98 Å². The zero-order chi connectivity index (χ0) is 20.0. The first kappa shape index (κ1) is 18.2. The summed E-state index contributed by atoms with van der Waals surface area (Å²) in [6, 6.07) is 16.9. The van der Waals surface area contributed by atoms with E-state index in [2.05, 4.69) is 27.4 Å². The molecule has 1 aliphatic rings. The number of halogens is 2. The maximum absolute atomic E-state index is 13.1. The number of anilines is 2. The zero-order valence-electron chi connectivity index (χ0n) is 15.3. The third kappa shape index (κ3) is 3.48. The monoisotopic (exact) mass is 422 g/mol. The van der Waals surface area contributed by atoms with Gasteiger partial charge in [-0.3, -0.25) is 4.57 Å². The molecule has 0 bridgehead atoms. The van der Waals surface area contributed by atoms with E-state index in [1.807, 2.05) is 24.3 Å². The van der Waals surface area contributed by atoms with Gasteiger partial charge in [-0.15, -0.1) is 0 Å². The van der Waals surface area contributed by atoms with Crippen molar-refractivity contribution in [3.8, 4) is 5.69 Å². The minimum atomic E-state index is -0.402. The van der Waals surface area contributed by atoms with Gasteiger partial charge in [-0.05, 0) is 60.7 Å². The molecular formula is C22H16Cl2N4O. The standard InChI is InChI=1S/C22H16Cl2N4O/c23-17-3-1-2-4-18(17)28-19-11-14(13-5-6-13)7-8-16(19)21(27-22(28)29)26-15-9-10-25-20(24)12-15/h1-4,7-13H,5-6H2,(H,25,26,27,29). The molecule has 29 heavy (non-hydrogen) atoms. The van der Waals surface area contributed by atoms with Gasteiger partial charge < -0.3 is 5.32 Å². The van der Waals surface area contributed by atoms with Crippen molar-refractivity contribution < 1.29 is 0 Å². The van der Waals surface area contributed by atoms with Crippen LogP contribution in [0.2, 0.25) is 10.2 Å². The molecule has 4 aromatic rings. The van der Waals surface area contributed by atoms with Crippen molar-refractivity contribution in [3.05, 3.63) is 87.0 Å².